The van der Waals surface area contributed by atoms with Crippen LogP contribution < -0.4 is 10.5 Å². The molecule has 0 saturated carbocycles. The molecule has 0 spiro atoms. The molecule has 0 aromatic carbocycles. The van der Waals surface area contributed by atoms with Crippen molar-refractivity contribution in [1.82, 2.24) is 20.0 Å². The highest BCUT2D eigenvalue weighted by atomic mass is 16.5. The summed E-state index contributed by atoms with van der Waals surface area (Å²) in [6.07, 6.45) is 5.28. The van der Waals surface area contributed by atoms with Gasteiger partial charge in [-0.2, -0.15) is 0 Å². The van der Waals surface area contributed by atoms with Gasteiger partial charge in [0.25, 0.3) is 0 Å². The van der Waals surface area contributed by atoms with Crippen molar-refractivity contribution in [3.63, 3.8) is 0 Å². The number of pyridine rings is 1. The van der Waals surface area contributed by atoms with E-state index in [4.69, 9.17) is 10.5 Å². The van der Waals surface area contributed by atoms with E-state index in [0.717, 1.165) is 30.0 Å². The third kappa shape index (κ3) is 4.03. The molecule has 0 aliphatic rings. The molecule has 2 N–H and O–H groups in total. The summed E-state index contributed by atoms with van der Waals surface area (Å²) in [6, 6.07) is 4.02. The average molecular weight is 261 g/mol. The lowest BCUT2D eigenvalue weighted by molar-refractivity contribution is 0.299. The van der Waals surface area contributed by atoms with Crippen LogP contribution in [0.15, 0.2) is 24.5 Å². The van der Waals surface area contributed by atoms with E-state index < -0.39 is 0 Å². The highest BCUT2D eigenvalue weighted by Crippen LogP contribution is 2.12. The van der Waals surface area contributed by atoms with Crippen LogP contribution in [0.4, 0.5) is 0 Å². The third-order valence-electron chi connectivity index (χ3n) is 2.83. The van der Waals surface area contributed by atoms with Crippen LogP contribution >= 0.6 is 0 Å². The fourth-order valence-corrected chi connectivity index (χ4v) is 1.65. The maximum Gasteiger partial charge on any atom is 0.138 e. The largest absolute Gasteiger partial charge is 0.486 e. The second kappa shape index (κ2) is 6.29. The fourth-order valence-electron chi connectivity index (χ4n) is 1.65. The zero-order chi connectivity index (χ0) is 13.7. The van der Waals surface area contributed by atoms with Gasteiger partial charge in [0.05, 0.1) is 12.4 Å². The Labute approximate surface area is 112 Å². The predicted molar refractivity (Wildman–Crippen MR) is 71.5 cm³/mol. The molecule has 1 atom stereocenters. The van der Waals surface area contributed by atoms with Crippen molar-refractivity contribution >= 4 is 0 Å². The third-order valence-corrected chi connectivity index (χ3v) is 2.83. The molecule has 102 valence electrons. The zero-order valence-electron chi connectivity index (χ0n) is 11.3. The molecule has 2 aromatic rings. The summed E-state index contributed by atoms with van der Waals surface area (Å²) >= 11 is 0. The summed E-state index contributed by atoms with van der Waals surface area (Å²) < 4.78 is 7.23. The Bertz CT molecular complexity index is 508. The first-order valence-electron chi connectivity index (χ1n) is 6.36. The number of hydrogen-bond donors (Lipinski definition) is 1. The quantitative estimate of drug-likeness (QED) is 0.841. The summed E-state index contributed by atoms with van der Waals surface area (Å²) in [4.78, 5) is 4.34. The van der Waals surface area contributed by atoms with E-state index in [2.05, 4.69) is 22.2 Å². The summed E-state index contributed by atoms with van der Waals surface area (Å²) in [5.41, 5.74) is 7.67. The van der Waals surface area contributed by atoms with Gasteiger partial charge in [-0.15, -0.1) is 5.10 Å². The monoisotopic (exact) mass is 261 g/mol. The molecular formula is C13H19N5O. The molecule has 6 heteroatoms. The van der Waals surface area contributed by atoms with Gasteiger partial charge in [0.1, 0.15) is 18.1 Å². The Morgan fingerprint density at radius 2 is 2.21 bits per heavy atom. The molecule has 2 rings (SSSR count). The van der Waals surface area contributed by atoms with Gasteiger partial charge < -0.3 is 10.5 Å². The molecule has 0 bridgehead atoms. The summed E-state index contributed by atoms with van der Waals surface area (Å²) in [6.45, 7) is 2.46. The molecule has 2 aromatic heterocycles. The Morgan fingerprint density at radius 3 is 2.79 bits per heavy atom. The van der Waals surface area contributed by atoms with Gasteiger partial charge in [-0.05, 0) is 18.6 Å². The van der Waals surface area contributed by atoms with E-state index in [9.17, 15) is 0 Å². The molecule has 6 nitrogen and oxygen atoms in total. The lowest BCUT2D eigenvalue weighted by Crippen LogP contribution is -2.21. The molecule has 0 radical (unpaired) electrons. The molecule has 0 saturated heterocycles. The predicted octanol–water partition coefficient (Wildman–Crippen LogP) is 1.07. The van der Waals surface area contributed by atoms with E-state index in [1.54, 1.807) is 10.9 Å². The van der Waals surface area contributed by atoms with Crippen LogP contribution in [0.5, 0.6) is 5.75 Å². The summed E-state index contributed by atoms with van der Waals surface area (Å²) in [7, 11) is 1.82. The van der Waals surface area contributed by atoms with Crippen molar-refractivity contribution in [2.24, 2.45) is 12.8 Å². The van der Waals surface area contributed by atoms with Crippen LogP contribution in [-0.4, -0.2) is 26.0 Å². The standard InChI is InChI=1S/C13H19N5O/c1-3-10(14)6-11-4-5-13(7-15-11)19-9-12-8-18(2)17-16-12/h4-5,7-8,10H,3,6,9,14H2,1-2H3. The van der Waals surface area contributed by atoms with Gasteiger partial charge in [-0.1, -0.05) is 12.1 Å². The number of aromatic nitrogens is 4. The molecule has 0 fully saturated rings. The second-order valence-corrected chi connectivity index (χ2v) is 4.53. The number of ether oxygens (including phenoxy) is 1. The number of rotatable bonds is 6. The maximum absolute atomic E-state index is 5.89. The van der Waals surface area contributed by atoms with Gasteiger partial charge in [0.2, 0.25) is 0 Å². The minimum atomic E-state index is 0.166. The van der Waals surface area contributed by atoms with Gasteiger partial charge >= 0.3 is 0 Å². The molecule has 1 unspecified atom stereocenters. The van der Waals surface area contributed by atoms with Crippen molar-refractivity contribution in [2.45, 2.75) is 32.4 Å². The average Bonchev–Trinajstić information content (AvgIpc) is 2.83. The maximum atomic E-state index is 5.89. The fraction of sp³-hybridized carbons (Fsp3) is 0.462. The molecule has 0 aliphatic carbocycles. The Morgan fingerprint density at radius 1 is 1.37 bits per heavy atom. The summed E-state index contributed by atoms with van der Waals surface area (Å²) in [5, 5.41) is 7.79. The minimum absolute atomic E-state index is 0.166. The topological polar surface area (TPSA) is 78.9 Å². The molecule has 19 heavy (non-hydrogen) atoms. The van der Waals surface area contributed by atoms with Crippen molar-refractivity contribution in [3.8, 4) is 5.75 Å². The lowest BCUT2D eigenvalue weighted by Gasteiger charge is -2.08. The van der Waals surface area contributed by atoms with Gasteiger partial charge in [-0.3, -0.25) is 9.67 Å². The molecule has 2 heterocycles. The highest BCUT2D eigenvalue weighted by molar-refractivity contribution is 5.20. The number of aryl methyl sites for hydroxylation is 1. The number of hydrogen-bond acceptors (Lipinski definition) is 5. The van der Waals surface area contributed by atoms with Crippen LogP contribution in [-0.2, 0) is 20.1 Å². The molecular weight excluding hydrogens is 242 g/mol. The zero-order valence-corrected chi connectivity index (χ0v) is 11.3. The van der Waals surface area contributed by atoms with Gasteiger partial charge in [0, 0.05) is 25.2 Å². The van der Waals surface area contributed by atoms with Crippen LogP contribution in [0.25, 0.3) is 0 Å². The normalized spacial score (nSPS) is 12.4. The van der Waals surface area contributed by atoms with Gasteiger partial charge in [0.15, 0.2) is 0 Å². The van der Waals surface area contributed by atoms with E-state index in [-0.39, 0.29) is 6.04 Å². The van der Waals surface area contributed by atoms with E-state index in [1.807, 2.05) is 25.4 Å². The molecule has 0 aliphatic heterocycles. The van der Waals surface area contributed by atoms with E-state index >= 15 is 0 Å². The number of nitrogens with two attached hydrogens (primary N) is 1. The van der Waals surface area contributed by atoms with Crippen molar-refractivity contribution in [3.05, 3.63) is 35.9 Å². The summed E-state index contributed by atoms with van der Waals surface area (Å²) in [5.74, 6) is 0.722. The van der Waals surface area contributed by atoms with Crippen LogP contribution in [0, 0.1) is 0 Å². The Kier molecular flexibility index (Phi) is 4.46. The van der Waals surface area contributed by atoms with Crippen LogP contribution in [0.3, 0.4) is 0 Å². The first-order chi connectivity index (χ1) is 9.17. The van der Waals surface area contributed by atoms with Crippen molar-refractivity contribution < 1.29 is 4.74 Å². The first-order valence-corrected chi connectivity index (χ1v) is 6.36. The highest BCUT2D eigenvalue weighted by Gasteiger charge is 2.04. The Hall–Kier alpha value is -1.95. The van der Waals surface area contributed by atoms with Crippen LogP contribution in [0.1, 0.15) is 24.7 Å². The number of nitrogens with zero attached hydrogens (tertiary/aromatic N) is 4. The van der Waals surface area contributed by atoms with Crippen LogP contribution in [0.2, 0.25) is 0 Å². The SMILES string of the molecule is CCC(N)Cc1ccc(OCc2cn(C)nn2)cn1. The second-order valence-electron chi connectivity index (χ2n) is 4.53. The lowest BCUT2D eigenvalue weighted by atomic mass is 10.1. The minimum Gasteiger partial charge on any atom is -0.486 e. The van der Waals surface area contributed by atoms with E-state index in [0.29, 0.717) is 6.61 Å². The smallest absolute Gasteiger partial charge is 0.138 e. The van der Waals surface area contributed by atoms with Gasteiger partial charge in [-0.25, -0.2) is 0 Å². The molecule has 0 amide bonds. The first kappa shape index (κ1) is 13.5. The van der Waals surface area contributed by atoms with E-state index in [1.165, 1.54) is 0 Å². The van der Waals surface area contributed by atoms with Crippen molar-refractivity contribution in [1.29, 1.82) is 0 Å². The van der Waals surface area contributed by atoms with Crippen molar-refractivity contribution in [2.75, 3.05) is 0 Å². The Balaban J connectivity index is 1.88.